The molecule has 3 heterocycles. The minimum atomic E-state index is -0.148. The van der Waals surface area contributed by atoms with E-state index in [0.717, 1.165) is 43.9 Å². The zero-order valence-electron chi connectivity index (χ0n) is 17.1. The summed E-state index contributed by atoms with van der Waals surface area (Å²) in [6.07, 6.45) is 14.5. The standard InChI is InChI=1S/C21H32N6O/c1-3-4-5-6-7-8-11-23-20(28)18-10-9-13-27(18)19-15-17(2)24-21(25-19)26-14-12-22-16-26/h12,14-16,18H,3-11,13H2,1-2H3,(H,23,28). The molecule has 1 aliphatic heterocycles. The maximum Gasteiger partial charge on any atom is 0.242 e. The highest BCUT2D eigenvalue weighted by Crippen LogP contribution is 2.25. The van der Waals surface area contributed by atoms with Crippen LogP contribution in [-0.2, 0) is 4.79 Å². The van der Waals surface area contributed by atoms with Gasteiger partial charge in [0.25, 0.3) is 0 Å². The van der Waals surface area contributed by atoms with E-state index >= 15 is 0 Å². The van der Waals surface area contributed by atoms with Crippen molar-refractivity contribution in [2.75, 3.05) is 18.0 Å². The van der Waals surface area contributed by atoms with Gasteiger partial charge in [0.15, 0.2) is 0 Å². The summed E-state index contributed by atoms with van der Waals surface area (Å²) < 4.78 is 1.79. The van der Waals surface area contributed by atoms with E-state index in [0.29, 0.717) is 5.95 Å². The number of hydrogen-bond acceptors (Lipinski definition) is 5. The quantitative estimate of drug-likeness (QED) is 0.635. The van der Waals surface area contributed by atoms with Crippen molar-refractivity contribution in [3.05, 3.63) is 30.5 Å². The molecule has 1 saturated heterocycles. The van der Waals surface area contributed by atoms with Gasteiger partial charge in [0.05, 0.1) is 0 Å². The number of aromatic nitrogens is 4. The van der Waals surface area contributed by atoms with E-state index in [4.69, 9.17) is 0 Å². The van der Waals surface area contributed by atoms with Gasteiger partial charge in [0.1, 0.15) is 18.2 Å². The van der Waals surface area contributed by atoms with Crippen LogP contribution in [0.1, 0.15) is 64.0 Å². The van der Waals surface area contributed by atoms with Crippen LogP contribution in [0, 0.1) is 6.92 Å². The SMILES string of the molecule is CCCCCCCCNC(=O)C1CCCN1c1cc(C)nc(-n2ccnc2)n1. The van der Waals surface area contributed by atoms with Gasteiger partial charge >= 0.3 is 0 Å². The van der Waals surface area contributed by atoms with Gasteiger partial charge in [-0.3, -0.25) is 9.36 Å². The molecule has 0 saturated carbocycles. The Balaban J connectivity index is 1.58. The molecule has 7 nitrogen and oxygen atoms in total. The van der Waals surface area contributed by atoms with Crippen LogP contribution in [0.2, 0.25) is 0 Å². The maximum absolute atomic E-state index is 12.8. The van der Waals surface area contributed by atoms with Crippen molar-refractivity contribution in [2.45, 2.75) is 71.3 Å². The van der Waals surface area contributed by atoms with Crippen LogP contribution in [0.5, 0.6) is 0 Å². The van der Waals surface area contributed by atoms with Crippen LogP contribution in [-0.4, -0.2) is 44.6 Å². The molecule has 1 atom stereocenters. The van der Waals surface area contributed by atoms with Crippen LogP contribution in [0.4, 0.5) is 5.82 Å². The Kier molecular flexibility index (Phi) is 7.39. The number of nitrogens with zero attached hydrogens (tertiary/aromatic N) is 5. The zero-order chi connectivity index (χ0) is 19.8. The van der Waals surface area contributed by atoms with Crippen LogP contribution in [0.25, 0.3) is 5.95 Å². The third-order valence-electron chi connectivity index (χ3n) is 5.24. The Hall–Kier alpha value is -2.44. The highest BCUT2D eigenvalue weighted by Gasteiger charge is 2.31. The molecule has 2 aromatic rings. The van der Waals surface area contributed by atoms with E-state index in [1.54, 1.807) is 17.1 Å². The normalized spacial score (nSPS) is 16.5. The number of amides is 1. The lowest BCUT2D eigenvalue weighted by Crippen LogP contribution is -2.44. The first-order chi connectivity index (χ1) is 13.7. The molecule has 1 N–H and O–H groups in total. The molecule has 7 heteroatoms. The van der Waals surface area contributed by atoms with E-state index < -0.39 is 0 Å². The number of anilines is 1. The number of hydrogen-bond donors (Lipinski definition) is 1. The maximum atomic E-state index is 12.8. The summed E-state index contributed by atoms with van der Waals surface area (Å²) in [4.78, 5) is 28.1. The highest BCUT2D eigenvalue weighted by molar-refractivity contribution is 5.85. The molecule has 0 aromatic carbocycles. The fourth-order valence-electron chi connectivity index (χ4n) is 3.72. The molecule has 0 spiro atoms. The van der Waals surface area contributed by atoms with E-state index in [1.807, 2.05) is 19.2 Å². The summed E-state index contributed by atoms with van der Waals surface area (Å²) in [5.74, 6) is 1.52. The highest BCUT2D eigenvalue weighted by atomic mass is 16.2. The molecule has 2 aromatic heterocycles. The molecule has 1 amide bonds. The molecule has 0 bridgehead atoms. The molecule has 28 heavy (non-hydrogen) atoms. The van der Waals surface area contributed by atoms with Crippen molar-refractivity contribution in [3.63, 3.8) is 0 Å². The minimum absolute atomic E-state index is 0.117. The van der Waals surface area contributed by atoms with Gasteiger partial charge in [0, 0.05) is 37.2 Å². The van der Waals surface area contributed by atoms with Crippen molar-refractivity contribution < 1.29 is 4.79 Å². The smallest absolute Gasteiger partial charge is 0.242 e. The van der Waals surface area contributed by atoms with E-state index in [2.05, 4.69) is 32.1 Å². The number of carbonyl (C=O) groups excluding carboxylic acids is 1. The van der Waals surface area contributed by atoms with Gasteiger partial charge in [-0.25, -0.2) is 9.97 Å². The Morgan fingerprint density at radius 1 is 1.21 bits per heavy atom. The lowest BCUT2D eigenvalue weighted by molar-refractivity contribution is -0.122. The second kappa shape index (κ2) is 10.2. The topological polar surface area (TPSA) is 75.9 Å². The molecular weight excluding hydrogens is 352 g/mol. The van der Waals surface area contributed by atoms with E-state index in [-0.39, 0.29) is 11.9 Å². The van der Waals surface area contributed by atoms with E-state index in [1.165, 1.54) is 32.1 Å². The van der Waals surface area contributed by atoms with E-state index in [9.17, 15) is 4.79 Å². The molecule has 0 aliphatic carbocycles. The van der Waals surface area contributed by atoms with Crippen molar-refractivity contribution in [1.29, 1.82) is 0 Å². The lowest BCUT2D eigenvalue weighted by Gasteiger charge is -2.25. The second-order valence-electron chi connectivity index (χ2n) is 7.55. The van der Waals surface area contributed by atoms with Crippen LogP contribution in [0.3, 0.4) is 0 Å². The Morgan fingerprint density at radius 2 is 2.04 bits per heavy atom. The van der Waals surface area contributed by atoms with Crippen molar-refractivity contribution in [2.24, 2.45) is 0 Å². The summed E-state index contributed by atoms with van der Waals surface area (Å²) in [7, 11) is 0. The Bertz CT molecular complexity index is 745. The summed E-state index contributed by atoms with van der Waals surface area (Å²) in [5, 5.41) is 3.13. The zero-order valence-corrected chi connectivity index (χ0v) is 17.1. The first-order valence-electron chi connectivity index (χ1n) is 10.6. The molecule has 0 radical (unpaired) electrons. The number of rotatable bonds is 10. The minimum Gasteiger partial charge on any atom is -0.354 e. The number of carbonyl (C=O) groups is 1. The fourth-order valence-corrected chi connectivity index (χ4v) is 3.72. The van der Waals surface area contributed by atoms with Gasteiger partial charge in [-0.05, 0) is 26.2 Å². The molecule has 1 unspecified atom stereocenters. The number of nitrogens with one attached hydrogen (secondary N) is 1. The predicted octanol–water partition coefficient (Wildman–Crippen LogP) is 3.42. The second-order valence-corrected chi connectivity index (χ2v) is 7.55. The number of unbranched alkanes of at least 4 members (excludes halogenated alkanes) is 5. The van der Waals surface area contributed by atoms with Gasteiger partial charge < -0.3 is 10.2 Å². The monoisotopic (exact) mass is 384 g/mol. The molecule has 152 valence electrons. The summed E-state index contributed by atoms with van der Waals surface area (Å²) in [5.41, 5.74) is 0.881. The third-order valence-corrected chi connectivity index (χ3v) is 5.24. The van der Waals surface area contributed by atoms with Gasteiger partial charge in [-0.2, -0.15) is 4.98 Å². The largest absolute Gasteiger partial charge is 0.354 e. The Morgan fingerprint density at radius 3 is 2.82 bits per heavy atom. The first-order valence-corrected chi connectivity index (χ1v) is 10.6. The average molecular weight is 385 g/mol. The summed E-state index contributed by atoms with van der Waals surface area (Å²) >= 11 is 0. The fraction of sp³-hybridized carbons (Fsp3) is 0.619. The van der Waals surface area contributed by atoms with Gasteiger partial charge in [-0.15, -0.1) is 0 Å². The molecule has 1 fully saturated rings. The number of imidazole rings is 1. The third kappa shape index (κ3) is 5.30. The van der Waals surface area contributed by atoms with Crippen molar-refractivity contribution in [1.82, 2.24) is 24.8 Å². The Labute approximate surface area is 167 Å². The van der Waals surface area contributed by atoms with Crippen molar-refractivity contribution >= 4 is 11.7 Å². The van der Waals surface area contributed by atoms with Crippen LogP contribution >= 0.6 is 0 Å². The molecule has 3 rings (SSSR count). The average Bonchev–Trinajstić information content (AvgIpc) is 3.38. The first kappa shape index (κ1) is 20.3. The summed E-state index contributed by atoms with van der Waals surface area (Å²) in [6, 6.07) is 1.81. The number of aryl methyl sites for hydroxylation is 1. The predicted molar refractivity (Wildman–Crippen MR) is 111 cm³/mol. The summed E-state index contributed by atoms with van der Waals surface area (Å²) in [6.45, 7) is 5.79. The molecule has 1 aliphatic rings. The molecular formula is C21H32N6O. The lowest BCUT2D eigenvalue weighted by atomic mass is 10.1. The van der Waals surface area contributed by atoms with Crippen molar-refractivity contribution in [3.8, 4) is 5.95 Å². The van der Waals surface area contributed by atoms with Gasteiger partial charge in [-0.1, -0.05) is 39.0 Å². The van der Waals surface area contributed by atoms with Crippen LogP contribution in [0.15, 0.2) is 24.8 Å². The van der Waals surface area contributed by atoms with Crippen LogP contribution < -0.4 is 10.2 Å². The van der Waals surface area contributed by atoms with Gasteiger partial charge in [0.2, 0.25) is 11.9 Å².